The SMILES string of the molecule is CCOC(=O)CC[C@@H](NC(=O)c1ccc(NCN2C(=O)CCC2=O)cc1)C(=O)OCC. The zero-order valence-corrected chi connectivity index (χ0v) is 17.6. The molecule has 0 spiro atoms. The van der Waals surface area contributed by atoms with Crippen LogP contribution in [0.3, 0.4) is 0 Å². The number of nitrogens with one attached hydrogen (secondary N) is 2. The Morgan fingerprint density at radius 1 is 1.00 bits per heavy atom. The first-order valence-electron chi connectivity index (χ1n) is 10.2. The van der Waals surface area contributed by atoms with E-state index in [1.165, 1.54) is 0 Å². The summed E-state index contributed by atoms with van der Waals surface area (Å²) in [6.07, 6.45) is 0.462. The van der Waals surface area contributed by atoms with Crippen molar-refractivity contribution in [2.45, 2.75) is 45.6 Å². The van der Waals surface area contributed by atoms with E-state index < -0.39 is 23.9 Å². The average molecular weight is 433 g/mol. The van der Waals surface area contributed by atoms with Crippen LogP contribution < -0.4 is 10.6 Å². The predicted octanol–water partition coefficient (Wildman–Crippen LogP) is 1.21. The van der Waals surface area contributed by atoms with Crippen molar-refractivity contribution in [2.75, 3.05) is 25.2 Å². The third-order valence-electron chi connectivity index (χ3n) is 4.56. The fraction of sp³-hybridized carbons (Fsp3) is 0.476. The van der Waals surface area contributed by atoms with Crippen LogP contribution in [0.1, 0.15) is 49.9 Å². The van der Waals surface area contributed by atoms with Crippen molar-refractivity contribution in [3.63, 3.8) is 0 Å². The quantitative estimate of drug-likeness (QED) is 0.393. The van der Waals surface area contributed by atoms with Crippen LogP contribution in [0.5, 0.6) is 0 Å². The first kappa shape index (κ1) is 23.8. The second kappa shape index (κ2) is 11.7. The van der Waals surface area contributed by atoms with Crippen LogP contribution in [0.2, 0.25) is 0 Å². The molecule has 1 aliphatic rings. The van der Waals surface area contributed by atoms with Crippen molar-refractivity contribution in [3.8, 4) is 0 Å². The van der Waals surface area contributed by atoms with Gasteiger partial charge in [-0.05, 0) is 44.5 Å². The monoisotopic (exact) mass is 433 g/mol. The number of amides is 3. The van der Waals surface area contributed by atoms with Crippen LogP contribution in [0.4, 0.5) is 5.69 Å². The van der Waals surface area contributed by atoms with Gasteiger partial charge in [0, 0.05) is 30.5 Å². The molecule has 0 aliphatic carbocycles. The molecule has 168 valence electrons. The molecule has 1 saturated heterocycles. The molecule has 0 unspecified atom stereocenters. The number of benzene rings is 1. The lowest BCUT2D eigenvalue weighted by molar-refractivity contribution is -0.147. The van der Waals surface area contributed by atoms with Crippen molar-refractivity contribution < 1.29 is 33.4 Å². The minimum absolute atomic E-state index is 0.0333. The zero-order chi connectivity index (χ0) is 22.8. The highest BCUT2D eigenvalue weighted by molar-refractivity contribution is 6.02. The van der Waals surface area contributed by atoms with Crippen LogP contribution >= 0.6 is 0 Å². The molecule has 1 heterocycles. The number of anilines is 1. The van der Waals surface area contributed by atoms with Gasteiger partial charge in [-0.15, -0.1) is 0 Å². The van der Waals surface area contributed by atoms with E-state index in [1.807, 2.05) is 0 Å². The van der Waals surface area contributed by atoms with Crippen molar-refractivity contribution in [1.82, 2.24) is 10.2 Å². The second-order valence-electron chi connectivity index (χ2n) is 6.75. The normalized spacial score (nSPS) is 14.2. The fourth-order valence-electron chi connectivity index (χ4n) is 2.94. The van der Waals surface area contributed by atoms with Crippen LogP contribution in [0, 0.1) is 0 Å². The van der Waals surface area contributed by atoms with Gasteiger partial charge in [-0.25, -0.2) is 4.79 Å². The van der Waals surface area contributed by atoms with Gasteiger partial charge in [-0.2, -0.15) is 0 Å². The molecule has 31 heavy (non-hydrogen) atoms. The van der Waals surface area contributed by atoms with Gasteiger partial charge in [-0.3, -0.25) is 24.1 Å². The number of likely N-dealkylation sites (tertiary alicyclic amines) is 1. The number of hydrogen-bond donors (Lipinski definition) is 2. The first-order valence-corrected chi connectivity index (χ1v) is 10.2. The number of ether oxygens (including phenoxy) is 2. The first-order chi connectivity index (χ1) is 14.8. The smallest absolute Gasteiger partial charge is 0.328 e. The largest absolute Gasteiger partial charge is 0.466 e. The van der Waals surface area contributed by atoms with Crippen LogP contribution in [0.15, 0.2) is 24.3 Å². The van der Waals surface area contributed by atoms with Crippen molar-refractivity contribution in [3.05, 3.63) is 29.8 Å². The van der Waals surface area contributed by atoms with Gasteiger partial charge < -0.3 is 20.1 Å². The third-order valence-corrected chi connectivity index (χ3v) is 4.56. The number of hydrogen-bond acceptors (Lipinski definition) is 8. The Morgan fingerprint density at radius 2 is 1.61 bits per heavy atom. The molecule has 2 N–H and O–H groups in total. The van der Waals surface area contributed by atoms with E-state index in [2.05, 4.69) is 10.6 Å². The summed E-state index contributed by atoms with van der Waals surface area (Å²) in [4.78, 5) is 60.7. The molecule has 0 radical (unpaired) electrons. The summed E-state index contributed by atoms with van der Waals surface area (Å²) in [5, 5.41) is 5.55. The van der Waals surface area contributed by atoms with E-state index in [0.717, 1.165) is 4.90 Å². The summed E-state index contributed by atoms with van der Waals surface area (Å²) in [5.41, 5.74) is 0.914. The highest BCUT2D eigenvalue weighted by Gasteiger charge is 2.28. The molecule has 3 amide bonds. The molecule has 10 nitrogen and oxygen atoms in total. The average Bonchev–Trinajstić information content (AvgIpc) is 3.07. The molecule has 1 aromatic rings. The summed E-state index contributed by atoms with van der Waals surface area (Å²) in [5.74, 6) is -2.03. The fourth-order valence-corrected chi connectivity index (χ4v) is 2.94. The number of carbonyl (C=O) groups is 5. The van der Waals surface area contributed by atoms with Crippen LogP contribution in [-0.2, 0) is 28.7 Å². The van der Waals surface area contributed by atoms with Gasteiger partial charge in [0.1, 0.15) is 6.04 Å². The Morgan fingerprint density at radius 3 is 2.19 bits per heavy atom. The Balaban J connectivity index is 1.94. The number of imide groups is 1. The van der Waals surface area contributed by atoms with E-state index in [0.29, 0.717) is 11.3 Å². The van der Waals surface area contributed by atoms with Crippen molar-refractivity contribution in [1.29, 1.82) is 0 Å². The van der Waals surface area contributed by atoms with E-state index in [9.17, 15) is 24.0 Å². The van der Waals surface area contributed by atoms with Gasteiger partial charge in [0.25, 0.3) is 5.91 Å². The number of nitrogens with zero attached hydrogens (tertiary/aromatic N) is 1. The van der Waals surface area contributed by atoms with E-state index in [1.54, 1.807) is 38.1 Å². The highest BCUT2D eigenvalue weighted by atomic mass is 16.5. The zero-order valence-electron chi connectivity index (χ0n) is 17.6. The lowest BCUT2D eigenvalue weighted by atomic mass is 10.1. The van der Waals surface area contributed by atoms with Crippen LogP contribution in [0.25, 0.3) is 0 Å². The lowest BCUT2D eigenvalue weighted by Gasteiger charge is -2.17. The maximum Gasteiger partial charge on any atom is 0.328 e. The molecule has 0 bridgehead atoms. The number of esters is 2. The van der Waals surface area contributed by atoms with Crippen LogP contribution in [-0.4, -0.2) is 60.5 Å². The molecule has 10 heteroatoms. The summed E-state index contributed by atoms with van der Waals surface area (Å²) in [6.45, 7) is 3.77. The molecule has 1 fully saturated rings. The van der Waals surface area contributed by atoms with Gasteiger partial charge in [0.2, 0.25) is 11.8 Å². The van der Waals surface area contributed by atoms with Gasteiger partial charge in [0.15, 0.2) is 0 Å². The number of rotatable bonds is 11. The van der Waals surface area contributed by atoms with Crippen molar-refractivity contribution in [2.24, 2.45) is 0 Å². The molecule has 2 rings (SSSR count). The Kier molecular flexibility index (Phi) is 8.98. The summed E-state index contributed by atoms with van der Waals surface area (Å²) in [7, 11) is 0. The van der Waals surface area contributed by atoms with E-state index in [-0.39, 0.29) is 57.4 Å². The summed E-state index contributed by atoms with van der Waals surface area (Å²) < 4.78 is 9.83. The molecule has 0 saturated carbocycles. The molecule has 1 atom stereocenters. The lowest BCUT2D eigenvalue weighted by Crippen LogP contribution is -2.42. The highest BCUT2D eigenvalue weighted by Crippen LogP contribution is 2.14. The Hall–Kier alpha value is -3.43. The molecule has 0 aromatic heterocycles. The molecular weight excluding hydrogens is 406 g/mol. The molecular formula is C21H27N3O7. The van der Waals surface area contributed by atoms with Gasteiger partial charge in [-0.1, -0.05) is 0 Å². The third kappa shape index (κ3) is 7.09. The minimum atomic E-state index is -0.984. The second-order valence-corrected chi connectivity index (χ2v) is 6.75. The van der Waals surface area contributed by atoms with Gasteiger partial charge in [0.05, 0.1) is 19.9 Å². The van der Waals surface area contributed by atoms with Crippen molar-refractivity contribution >= 4 is 35.3 Å². The predicted molar refractivity (Wildman–Crippen MR) is 110 cm³/mol. The number of carbonyl (C=O) groups excluding carboxylic acids is 5. The minimum Gasteiger partial charge on any atom is -0.466 e. The molecule has 1 aliphatic heterocycles. The Bertz CT molecular complexity index is 807. The maximum absolute atomic E-state index is 12.5. The standard InChI is InChI=1S/C21H27N3O7/c1-3-30-19(27)12-9-16(21(29)31-4-2)23-20(28)14-5-7-15(8-6-14)22-13-24-17(25)10-11-18(24)26/h5-8,16,22H,3-4,9-13H2,1-2H3,(H,23,28)/t16-/m1/s1. The van der Waals surface area contributed by atoms with E-state index >= 15 is 0 Å². The summed E-state index contributed by atoms with van der Waals surface area (Å²) >= 11 is 0. The molecule has 1 aromatic carbocycles. The Labute approximate surface area is 180 Å². The summed E-state index contributed by atoms with van der Waals surface area (Å²) in [6, 6.07) is 5.34. The topological polar surface area (TPSA) is 131 Å². The maximum atomic E-state index is 12.5. The van der Waals surface area contributed by atoms with E-state index in [4.69, 9.17) is 9.47 Å². The van der Waals surface area contributed by atoms with Gasteiger partial charge >= 0.3 is 11.9 Å².